The highest BCUT2D eigenvalue weighted by molar-refractivity contribution is 5.72. The Morgan fingerprint density at radius 3 is 2.62 bits per heavy atom. The second-order valence-corrected chi connectivity index (χ2v) is 6.02. The van der Waals surface area contributed by atoms with Gasteiger partial charge in [-0.15, -0.1) is 0 Å². The average Bonchev–Trinajstić information content (AvgIpc) is 2.52. The molecular formula is C14H26F2N2O6. The molecule has 1 aliphatic rings. The minimum Gasteiger partial charge on any atom is -0.480 e. The summed E-state index contributed by atoms with van der Waals surface area (Å²) in [6.07, 6.45) is -4.82. The van der Waals surface area contributed by atoms with Crippen molar-refractivity contribution < 1.29 is 38.7 Å². The third-order valence-electron chi connectivity index (χ3n) is 4.02. The Morgan fingerprint density at radius 2 is 2.04 bits per heavy atom. The topological polar surface area (TPSA) is 145 Å². The molecule has 0 spiro atoms. The molecule has 142 valence electrons. The number of aliphatic hydroxyl groups is 3. The van der Waals surface area contributed by atoms with Crippen LogP contribution in [0.25, 0.3) is 0 Å². The highest BCUT2D eigenvalue weighted by Gasteiger charge is 2.48. The second kappa shape index (κ2) is 9.54. The van der Waals surface area contributed by atoms with E-state index >= 15 is 0 Å². The molecule has 10 heteroatoms. The van der Waals surface area contributed by atoms with Crippen molar-refractivity contribution in [2.75, 3.05) is 19.7 Å². The number of unbranched alkanes of at least 4 members (excludes halogenated alkanes) is 1. The summed E-state index contributed by atoms with van der Waals surface area (Å²) in [5.74, 6) is -4.38. The van der Waals surface area contributed by atoms with Crippen molar-refractivity contribution in [3.05, 3.63) is 0 Å². The van der Waals surface area contributed by atoms with E-state index < -0.39 is 61.9 Å². The Balaban J connectivity index is 2.32. The number of carboxylic acid groups (broad SMARTS) is 1. The number of nitrogens with one attached hydrogen (secondary N) is 1. The minimum absolute atomic E-state index is 0.253. The summed E-state index contributed by atoms with van der Waals surface area (Å²) in [4.78, 5) is 10.5. The summed E-state index contributed by atoms with van der Waals surface area (Å²) in [5, 5.41) is 39.3. The fraction of sp³-hybridized carbons (Fsp3) is 0.929. The molecule has 24 heavy (non-hydrogen) atoms. The molecule has 8 nitrogen and oxygen atoms in total. The molecule has 1 saturated heterocycles. The number of hydrogen-bond acceptors (Lipinski definition) is 7. The predicted molar refractivity (Wildman–Crippen MR) is 79.7 cm³/mol. The quantitative estimate of drug-likeness (QED) is 0.264. The molecule has 7 N–H and O–H groups in total. The second-order valence-electron chi connectivity index (χ2n) is 6.02. The van der Waals surface area contributed by atoms with Crippen molar-refractivity contribution in [1.29, 1.82) is 0 Å². The lowest BCUT2D eigenvalue weighted by atomic mass is 9.94. The molecule has 5 atom stereocenters. The van der Waals surface area contributed by atoms with Crippen molar-refractivity contribution in [2.24, 2.45) is 5.73 Å². The zero-order valence-electron chi connectivity index (χ0n) is 13.3. The van der Waals surface area contributed by atoms with Gasteiger partial charge in [-0.1, -0.05) is 6.42 Å². The van der Waals surface area contributed by atoms with Crippen LogP contribution in [0.4, 0.5) is 8.78 Å². The summed E-state index contributed by atoms with van der Waals surface area (Å²) in [5.41, 5.74) is 5.33. The molecule has 0 amide bonds. The normalized spacial score (nSPS) is 29.4. The molecule has 0 saturated carbocycles. The fourth-order valence-electron chi connectivity index (χ4n) is 2.48. The van der Waals surface area contributed by atoms with Crippen LogP contribution in [0.1, 0.15) is 25.7 Å². The number of rotatable bonds is 10. The summed E-state index contributed by atoms with van der Waals surface area (Å²) in [6.45, 7) is -1.10. The number of nitrogens with two attached hydrogens (primary N) is 1. The van der Waals surface area contributed by atoms with E-state index in [2.05, 4.69) is 5.32 Å². The van der Waals surface area contributed by atoms with Crippen LogP contribution < -0.4 is 11.1 Å². The van der Waals surface area contributed by atoms with Gasteiger partial charge in [0.2, 0.25) is 0 Å². The molecule has 0 radical (unpaired) electrons. The largest absolute Gasteiger partial charge is 0.480 e. The molecule has 1 fully saturated rings. The first-order valence-corrected chi connectivity index (χ1v) is 7.88. The van der Waals surface area contributed by atoms with Gasteiger partial charge in [0.15, 0.2) is 0 Å². The molecule has 0 aromatic rings. The Kier molecular flexibility index (Phi) is 8.40. The van der Waals surface area contributed by atoms with Crippen LogP contribution in [0.15, 0.2) is 0 Å². The van der Waals surface area contributed by atoms with E-state index in [1.54, 1.807) is 0 Å². The lowest BCUT2D eigenvalue weighted by Crippen LogP contribution is -2.56. The maximum atomic E-state index is 14.1. The van der Waals surface area contributed by atoms with Crippen molar-refractivity contribution in [2.45, 2.75) is 62.1 Å². The Labute approximate surface area is 138 Å². The van der Waals surface area contributed by atoms with E-state index in [1.165, 1.54) is 0 Å². The summed E-state index contributed by atoms with van der Waals surface area (Å²) < 4.78 is 33.2. The number of halogens is 2. The van der Waals surface area contributed by atoms with Crippen LogP contribution in [0.3, 0.4) is 0 Å². The first-order chi connectivity index (χ1) is 11.2. The van der Waals surface area contributed by atoms with Gasteiger partial charge in [0.05, 0.1) is 19.3 Å². The zero-order valence-corrected chi connectivity index (χ0v) is 13.3. The number of aliphatic carboxylic acids is 1. The monoisotopic (exact) mass is 356 g/mol. The number of alkyl halides is 2. The number of ether oxygens (including phenoxy) is 1. The van der Waals surface area contributed by atoms with E-state index in [0.29, 0.717) is 12.8 Å². The summed E-state index contributed by atoms with van der Waals surface area (Å²) >= 11 is 0. The number of carboxylic acids is 1. The standard InChI is InChI=1S/C14H26F2N2O6/c15-14(16,7-18-4-2-1-3-8(17)13(22)23)11-5-9(20)12(21)10(6-19)24-11/h8-12,18-21H,1-7,17H2,(H,22,23)/t8?,9?,10?,11?,12-/m0/s1. The molecule has 0 aliphatic carbocycles. The van der Waals surface area contributed by atoms with E-state index in [-0.39, 0.29) is 13.0 Å². The maximum absolute atomic E-state index is 14.1. The zero-order chi connectivity index (χ0) is 18.3. The van der Waals surface area contributed by atoms with Crippen LogP contribution in [0.2, 0.25) is 0 Å². The van der Waals surface area contributed by atoms with E-state index in [1.807, 2.05) is 0 Å². The first-order valence-electron chi connectivity index (χ1n) is 7.88. The van der Waals surface area contributed by atoms with E-state index in [0.717, 1.165) is 0 Å². The lowest BCUT2D eigenvalue weighted by molar-refractivity contribution is -0.237. The average molecular weight is 356 g/mol. The van der Waals surface area contributed by atoms with Gasteiger partial charge in [-0.2, -0.15) is 0 Å². The van der Waals surface area contributed by atoms with Gasteiger partial charge in [0.1, 0.15) is 24.4 Å². The highest BCUT2D eigenvalue weighted by Crippen LogP contribution is 2.31. The fourth-order valence-corrected chi connectivity index (χ4v) is 2.48. The van der Waals surface area contributed by atoms with Gasteiger partial charge in [-0.3, -0.25) is 4.79 Å². The van der Waals surface area contributed by atoms with Crippen LogP contribution in [0.5, 0.6) is 0 Å². The van der Waals surface area contributed by atoms with Gasteiger partial charge in [0.25, 0.3) is 5.92 Å². The molecule has 0 bridgehead atoms. The van der Waals surface area contributed by atoms with Crippen LogP contribution in [-0.2, 0) is 9.53 Å². The van der Waals surface area contributed by atoms with Crippen LogP contribution >= 0.6 is 0 Å². The summed E-state index contributed by atoms with van der Waals surface area (Å²) in [6, 6.07) is -0.953. The molecule has 1 heterocycles. The van der Waals surface area contributed by atoms with Gasteiger partial charge >= 0.3 is 5.97 Å². The van der Waals surface area contributed by atoms with Crippen molar-refractivity contribution in [3.63, 3.8) is 0 Å². The van der Waals surface area contributed by atoms with Crippen molar-refractivity contribution in [3.8, 4) is 0 Å². The minimum atomic E-state index is -3.29. The molecule has 0 aromatic carbocycles. The van der Waals surface area contributed by atoms with Crippen LogP contribution in [-0.4, -0.2) is 82.5 Å². The van der Waals surface area contributed by atoms with Gasteiger partial charge in [-0.25, -0.2) is 8.78 Å². The van der Waals surface area contributed by atoms with Gasteiger partial charge in [0, 0.05) is 6.42 Å². The Bertz CT molecular complexity index is 401. The SMILES string of the molecule is NC(CCCCNCC(F)(F)C1CC(O)[C@H](O)C(CO)O1)C(=O)O. The number of aliphatic hydroxyl groups excluding tert-OH is 3. The van der Waals surface area contributed by atoms with Crippen molar-refractivity contribution in [1.82, 2.24) is 5.32 Å². The Morgan fingerprint density at radius 1 is 1.38 bits per heavy atom. The third kappa shape index (κ3) is 6.19. The number of hydrogen-bond donors (Lipinski definition) is 6. The first kappa shape index (κ1) is 21.1. The third-order valence-corrected chi connectivity index (χ3v) is 4.02. The highest BCUT2D eigenvalue weighted by atomic mass is 19.3. The van der Waals surface area contributed by atoms with E-state index in [9.17, 15) is 23.8 Å². The van der Waals surface area contributed by atoms with E-state index in [4.69, 9.17) is 20.7 Å². The summed E-state index contributed by atoms with van der Waals surface area (Å²) in [7, 11) is 0. The molecule has 4 unspecified atom stereocenters. The molecule has 1 rings (SSSR count). The van der Waals surface area contributed by atoms with Crippen LogP contribution in [0, 0.1) is 0 Å². The maximum Gasteiger partial charge on any atom is 0.320 e. The molecular weight excluding hydrogens is 330 g/mol. The molecule has 0 aromatic heterocycles. The van der Waals surface area contributed by atoms with Gasteiger partial charge < -0.3 is 36.2 Å². The Hall–Kier alpha value is -0.910. The van der Waals surface area contributed by atoms with Gasteiger partial charge in [-0.05, 0) is 19.4 Å². The molecule has 1 aliphatic heterocycles. The number of carbonyl (C=O) groups is 1. The predicted octanol–water partition coefficient (Wildman–Crippen LogP) is -1.33. The smallest absolute Gasteiger partial charge is 0.320 e. The van der Waals surface area contributed by atoms with Crippen molar-refractivity contribution >= 4 is 5.97 Å². The lowest BCUT2D eigenvalue weighted by Gasteiger charge is -2.39.